The summed E-state index contributed by atoms with van der Waals surface area (Å²) in [6.45, 7) is 0. The number of methoxy groups -OCH3 is 1. The van der Waals surface area contributed by atoms with Crippen LogP contribution in [0.1, 0.15) is 12.8 Å². The highest BCUT2D eigenvalue weighted by molar-refractivity contribution is 6.32. The molecule has 2 rings (SSSR count). The molecule has 1 saturated carbocycles. The van der Waals surface area contributed by atoms with Gasteiger partial charge >= 0.3 is 0 Å². The largest absolute Gasteiger partial charge is 0.495 e. The molecule has 1 aromatic carbocycles. The van der Waals surface area contributed by atoms with Crippen molar-refractivity contribution in [3.05, 3.63) is 23.2 Å². The van der Waals surface area contributed by atoms with Gasteiger partial charge in [-0.3, -0.25) is 0 Å². The van der Waals surface area contributed by atoms with Crippen molar-refractivity contribution in [2.75, 3.05) is 12.4 Å². The van der Waals surface area contributed by atoms with E-state index in [4.69, 9.17) is 22.1 Å². The summed E-state index contributed by atoms with van der Waals surface area (Å²) in [5.74, 6) is 0.701. The Labute approximate surface area is 94.6 Å². The normalized spacial score (nSPS) is 24.5. The van der Waals surface area contributed by atoms with Crippen molar-refractivity contribution in [1.82, 2.24) is 0 Å². The lowest BCUT2D eigenvalue weighted by atomic mass is 9.87. The van der Waals surface area contributed by atoms with Crippen LogP contribution in [0.4, 0.5) is 5.69 Å². The molecule has 1 aliphatic carbocycles. The van der Waals surface area contributed by atoms with Crippen molar-refractivity contribution in [2.24, 2.45) is 5.73 Å². The Balaban J connectivity index is 2.00. The second-order valence-electron chi connectivity index (χ2n) is 3.92. The van der Waals surface area contributed by atoms with Crippen molar-refractivity contribution in [1.29, 1.82) is 0 Å². The molecule has 1 aromatic rings. The molecule has 3 N–H and O–H groups in total. The molecule has 1 aliphatic rings. The summed E-state index contributed by atoms with van der Waals surface area (Å²) >= 11 is 6.01. The second kappa shape index (κ2) is 4.29. The minimum atomic E-state index is 0.358. The molecule has 4 heteroatoms. The summed E-state index contributed by atoms with van der Waals surface area (Å²) in [6.07, 6.45) is 2.06. The van der Waals surface area contributed by atoms with E-state index >= 15 is 0 Å². The summed E-state index contributed by atoms with van der Waals surface area (Å²) in [7, 11) is 1.61. The van der Waals surface area contributed by atoms with E-state index in [1.54, 1.807) is 7.11 Å². The average molecular weight is 227 g/mol. The van der Waals surface area contributed by atoms with Gasteiger partial charge in [-0.05, 0) is 31.0 Å². The van der Waals surface area contributed by atoms with Gasteiger partial charge in [0.05, 0.1) is 12.1 Å². The van der Waals surface area contributed by atoms with Gasteiger partial charge in [0, 0.05) is 17.8 Å². The highest BCUT2D eigenvalue weighted by atomic mass is 35.5. The molecular weight excluding hydrogens is 212 g/mol. The van der Waals surface area contributed by atoms with Crippen molar-refractivity contribution >= 4 is 17.3 Å². The third-order valence-corrected chi connectivity index (χ3v) is 2.99. The SMILES string of the molecule is COc1ccc(NC2CC(N)C2)cc1Cl. The van der Waals surface area contributed by atoms with Crippen LogP contribution in [0.5, 0.6) is 5.75 Å². The van der Waals surface area contributed by atoms with Gasteiger partial charge in [0.25, 0.3) is 0 Å². The number of nitrogens with two attached hydrogens (primary N) is 1. The molecule has 0 atom stereocenters. The number of hydrogen-bond donors (Lipinski definition) is 2. The first-order valence-electron chi connectivity index (χ1n) is 5.04. The fourth-order valence-corrected chi connectivity index (χ4v) is 2.03. The Kier molecular flexibility index (Phi) is 3.03. The van der Waals surface area contributed by atoms with Gasteiger partial charge in [0.2, 0.25) is 0 Å². The van der Waals surface area contributed by atoms with Crippen molar-refractivity contribution in [3.8, 4) is 5.75 Å². The Morgan fingerprint density at radius 3 is 2.73 bits per heavy atom. The van der Waals surface area contributed by atoms with E-state index in [1.165, 1.54) is 0 Å². The van der Waals surface area contributed by atoms with Crippen LogP contribution < -0.4 is 15.8 Å². The zero-order valence-corrected chi connectivity index (χ0v) is 9.42. The van der Waals surface area contributed by atoms with Crippen molar-refractivity contribution in [3.63, 3.8) is 0 Å². The van der Waals surface area contributed by atoms with Gasteiger partial charge in [-0.25, -0.2) is 0 Å². The monoisotopic (exact) mass is 226 g/mol. The molecule has 82 valence electrons. The predicted molar refractivity (Wildman–Crippen MR) is 62.6 cm³/mol. The van der Waals surface area contributed by atoms with E-state index in [-0.39, 0.29) is 0 Å². The third-order valence-electron chi connectivity index (χ3n) is 2.70. The van der Waals surface area contributed by atoms with Crippen LogP contribution in [0, 0.1) is 0 Å². The quantitative estimate of drug-likeness (QED) is 0.831. The number of hydrogen-bond acceptors (Lipinski definition) is 3. The lowest BCUT2D eigenvalue weighted by Crippen LogP contribution is -2.44. The molecule has 15 heavy (non-hydrogen) atoms. The van der Waals surface area contributed by atoms with Gasteiger partial charge in [-0.1, -0.05) is 11.6 Å². The van der Waals surface area contributed by atoms with Gasteiger partial charge in [0.15, 0.2) is 0 Å². The van der Waals surface area contributed by atoms with Crippen LogP contribution in [0.25, 0.3) is 0 Å². The highest BCUT2D eigenvalue weighted by Crippen LogP contribution is 2.29. The third kappa shape index (κ3) is 2.36. The minimum absolute atomic E-state index is 0.358. The second-order valence-corrected chi connectivity index (χ2v) is 4.33. The molecule has 0 heterocycles. The van der Waals surface area contributed by atoms with Gasteiger partial charge in [-0.15, -0.1) is 0 Å². The molecule has 0 unspecified atom stereocenters. The van der Waals surface area contributed by atoms with Gasteiger partial charge in [0.1, 0.15) is 5.75 Å². The van der Waals surface area contributed by atoms with E-state index in [0.29, 0.717) is 22.9 Å². The average Bonchev–Trinajstić information content (AvgIpc) is 2.16. The predicted octanol–water partition coefficient (Wildman–Crippen LogP) is 2.25. The number of ether oxygens (including phenoxy) is 1. The molecule has 0 aliphatic heterocycles. The zero-order chi connectivity index (χ0) is 10.8. The van der Waals surface area contributed by atoms with E-state index in [9.17, 15) is 0 Å². The molecule has 0 amide bonds. The summed E-state index contributed by atoms with van der Waals surface area (Å²) < 4.78 is 5.08. The number of rotatable bonds is 3. The number of nitrogens with one attached hydrogen (secondary N) is 1. The van der Waals surface area contributed by atoms with Gasteiger partial charge in [-0.2, -0.15) is 0 Å². The number of benzene rings is 1. The Morgan fingerprint density at radius 1 is 1.47 bits per heavy atom. The lowest BCUT2D eigenvalue weighted by Gasteiger charge is -2.33. The fraction of sp³-hybridized carbons (Fsp3) is 0.455. The van der Waals surface area contributed by atoms with Crippen LogP contribution in [-0.4, -0.2) is 19.2 Å². The molecule has 0 bridgehead atoms. The summed E-state index contributed by atoms with van der Waals surface area (Å²) in [5, 5.41) is 4.01. The smallest absolute Gasteiger partial charge is 0.137 e. The molecular formula is C11H15ClN2O. The maximum Gasteiger partial charge on any atom is 0.137 e. The summed E-state index contributed by atoms with van der Waals surface area (Å²) in [6, 6.07) is 6.56. The van der Waals surface area contributed by atoms with Crippen LogP contribution in [-0.2, 0) is 0 Å². The van der Waals surface area contributed by atoms with Crippen LogP contribution in [0.2, 0.25) is 5.02 Å². The molecule has 0 spiro atoms. The molecule has 0 radical (unpaired) electrons. The van der Waals surface area contributed by atoms with E-state index < -0.39 is 0 Å². The Morgan fingerprint density at radius 2 is 2.20 bits per heavy atom. The molecule has 0 saturated heterocycles. The van der Waals surface area contributed by atoms with E-state index in [2.05, 4.69) is 5.32 Å². The summed E-state index contributed by atoms with van der Waals surface area (Å²) in [4.78, 5) is 0. The first-order valence-corrected chi connectivity index (χ1v) is 5.42. The first kappa shape index (κ1) is 10.6. The maximum absolute atomic E-state index is 6.01. The topological polar surface area (TPSA) is 47.3 Å². The van der Waals surface area contributed by atoms with E-state index in [1.807, 2.05) is 18.2 Å². The van der Waals surface area contributed by atoms with E-state index in [0.717, 1.165) is 18.5 Å². The summed E-state index contributed by atoms with van der Waals surface area (Å²) in [5.41, 5.74) is 6.74. The Bertz CT molecular complexity index is 350. The minimum Gasteiger partial charge on any atom is -0.495 e. The molecule has 3 nitrogen and oxygen atoms in total. The number of halogens is 1. The Hall–Kier alpha value is -0.930. The van der Waals surface area contributed by atoms with Crippen LogP contribution >= 0.6 is 11.6 Å². The van der Waals surface area contributed by atoms with Crippen LogP contribution in [0.15, 0.2) is 18.2 Å². The standard InChI is InChI=1S/C11H15ClN2O/c1-15-11-3-2-8(6-10(11)12)14-9-4-7(13)5-9/h2-3,6-7,9,14H,4-5,13H2,1H3. The van der Waals surface area contributed by atoms with Crippen LogP contribution in [0.3, 0.4) is 0 Å². The molecule has 1 fully saturated rings. The van der Waals surface area contributed by atoms with Gasteiger partial charge < -0.3 is 15.8 Å². The van der Waals surface area contributed by atoms with Crippen molar-refractivity contribution < 1.29 is 4.74 Å². The number of anilines is 1. The maximum atomic E-state index is 6.01. The first-order chi connectivity index (χ1) is 7.19. The lowest BCUT2D eigenvalue weighted by molar-refractivity contribution is 0.373. The molecule has 0 aromatic heterocycles. The fourth-order valence-electron chi connectivity index (χ4n) is 1.77. The van der Waals surface area contributed by atoms with Crippen molar-refractivity contribution in [2.45, 2.75) is 24.9 Å². The zero-order valence-electron chi connectivity index (χ0n) is 8.66. The highest BCUT2D eigenvalue weighted by Gasteiger charge is 2.25.